The van der Waals surface area contributed by atoms with Gasteiger partial charge in [0.1, 0.15) is 5.01 Å². The normalized spacial score (nSPS) is 10.9. The third-order valence-corrected chi connectivity index (χ3v) is 5.26. The maximum atomic E-state index is 12.5. The number of thiazole rings is 1. The Balaban J connectivity index is 1.62. The quantitative estimate of drug-likeness (QED) is 0.445. The van der Waals surface area contributed by atoms with Gasteiger partial charge in [0, 0.05) is 17.5 Å². The summed E-state index contributed by atoms with van der Waals surface area (Å²) in [4.78, 5) is 17.2. The first-order valence-corrected chi connectivity index (χ1v) is 9.05. The zero-order valence-corrected chi connectivity index (χ0v) is 14.7. The van der Waals surface area contributed by atoms with Crippen LogP contribution in [0, 0.1) is 6.92 Å². The van der Waals surface area contributed by atoms with E-state index in [1.54, 1.807) is 11.3 Å². The topological polar surface area (TPSA) is 30.0 Å². The van der Waals surface area contributed by atoms with Crippen LogP contribution in [-0.4, -0.2) is 10.8 Å². The van der Waals surface area contributed by atoms with Crippen molar-refractivity contribution in [2.45, 2.75) is 13.3 Å². The van der Waals surface area contributed by atoms with Gasteiger partial charge in [0.2, 0.25) is 0 Å². The van der Waals surface area contributed by atoms with Gasteiger partial charge in [-0.25, -0.2) is 4.98 Å². The van der Waals surface area contributed by atoms with Gasteiger partial charge in [0.15, 0.2) is 5.78 Å². The molecule has 4 aromatic rings. The lowest BCUT2D eigenvalue weighted by Gasteiger charge is -2.04. The van der Waals surface area contributed by atoms with Crippen molar-refractivity contribution in [1.82, 2.24) is 4.98 Å². The van der Waals surface area contributed by atoms with Crippen LogP contribution in [0.3, 0.4) is 0 Å². The number of Topliss-reactive ketones (excluding diaryl/α,β-unsaturated/α-hetero) is 1. The average molecular weight is 343 g/mol. The van der Waals surface area contributed by atoms with Crippen molar-refractivity contribution in [3.8, 4) is 10.6 Å². The van der Waals surface area contributed by atoms with Gasteiger partial charge in [-0.3, -0.25) is 4.79 Å². The molecule has 0 N–H and O–H groups in total. The lowest BCUT2D eigenvalue weighted by Crippen LogP contribution is -2.03. The van der Waals surface area contributed by atoms with Crippen molar-refractivity contribution in [3.63, 3.8) is 0 Å². The van der Waals surface area contributed by atoms with E-state index in [-0.39, 0.29) is 5.78 Å². The third kappa shape index (κ3) is 3.37. The molecule has 122 valence electrons. The molecule has 4 rings (SSSR count). The number of carbonyl (C=O) groups is 1. The fraction of sp³-hybridized carbons (Fsp3) is 0.0909. The Morgan fingerprint density at radius 1 is 0.960 bits per heavy atom. The lowest BCUT2D eigenvalue weighted by atomic mass is 10.0. The summed E-state index contributed by atoms with van der Waals surface area (Å²) in [6.45, 7) is 2.00. The molecule has 0 fully saturated rings. The Labute approximate surface area is 150 Å². The second-order valence-corrected chi connectivity index (χ2v) is 7.19. The summed E-state index contributed by atoms with van der Waals surface area (Å²) in [5, 5.41) is 0.992. The molecule has 2 nitrogen and oxygen atoms in total. The molecule has 0 saturated carbocycles. The molecule has 3 heteroatoms. The highest BCUT2D eigenvalue weighted by molar-refractivity contribution is 7.21. The molecule has 0 bridgehead atoms. The van der Waals surface area contributed by atoms with E-state index in [4.69, 9.17) is 4.98 Å². The Hall–Kier alpha value is -2.78. The number of rotatable bonds is 4. The summed E-state index contributed by atoms with van der Waals surface area (Å²) in [5.74, 6) is 0.144. The van der Waals surface area contributed by atoms with Gasteiger partial charge < -0.3 is 0 Å². The predicted molar refractivity (Wildman–Crippen MR) is 104 cm³/mol. The van der Waals surface area contributed by atoms with Crippen LogP contribution in [0.25, 0.3) is 20.8 Å². The Morgan fingerprint density at radius 3 is 2.64 bits per heavy atom. The van der Waals surface area contributed by atoms with Crippen LogP contribution in [0.4, 0.5) is 0 Å². The molecule has 25 heavy (non-hydrogen) atoms. The van der Waals surface area contributed by atoms with Crippen LogP contribution in [0.15, 0.2) is 72.8 Å². The summed E-state index contributed by atoms with van der Waals surface area (Å²) in [7, 11) is 0. The van der Waals surface area contributed by atoms with E-state index in [1.807, 2.05) is 61.5 Å². The molecule has 0 aliphatic heterocycles. The summed E-state index contributed by atoms with van der Waals surface area (Å²) in [6.07, 6.45) is 0.405. The molecule has 0 amide bonds. The number of benzene rings is 3. The second-order valence-electron chi connectivity index (χ2n) is 6.16. The number of aryl methyl sites for hydroxylation is 1. The molecular formula is C22H17NOS. The molecule has 0 aliphatic carbocycles. The molecule has 0 spiro atoms. The minimum Gasteiger partial charge on any atom is -0.294 e. The van der Waals surface area contributed by atoms with Crippen LogP contribution < -0.4 is 0 Å². The van der Waals surface area contributed by atoms with Crippen molar-refractivity contribution in [1.29, 1.82) is 0 Å². The van der Waals surface area contributed by atoms with Crippen molar-refractivity contribution >= 4 is 27.3 Å². The summed E-state index contributed by atoms with van der Waals surface area (Å²) in [6, 6.07) is 24.0. The fourth-order valence-electron chi connectivity index (χ4n) is 2.92. The van der Waals surface area contributed by atoms with E-state index in [2.05, 4.69) is 18.2 Å². The van der Waals surface area contributed by atoms with Crippen molar-refractivity contribution in [3.05, 3.63) is 89.5 Å². The minimum atomic E-state index is 0.144. The van der Waals surface area contributed by atoms with E-state index in [9.17, 15) is 4.79 Å². The highest BCUT2D eigenvalue weighted by Gasteiger charge is 2.10. The zero-order valence-electron chi connectivity index (χ0n) is 13.9. The number of fused-ring (bicyclic) bond motifs is 1. The SMILES string of the molecule is Cc1cccc(C(=O)Cc2cccc(-c3nc4ccccc4s3)c2)c1. The maximum absolute atomic E-state index is 12.5. The van der Waals surface area contributed by atoms with E-state index < -0.39 is 0 Å². The van der Waals surface area contributed by atoms with Crippen molar-refractivity contribution in [2.24, 2.45) is 0 Å². The van der Waals surface area contributed by atoms with Crippen LogP contribution in [0.2, 0.25) is 0 Å². The standard InChI is InChI=1S/C22H17NOS/c1-15-6-4-8-17(12-15)20(24)14-16-7-5-9-18(13-16)22-23-19-10-2-3-11-21(19)25-22/h2-13H,14H2,1H3. The van der Waals surface area contributed by atoms with Crippen LogP contribution >= 0.6 is 11.3 Å². The monoisotopic (exact) mass is 343 g/mol. The molecule has 0 saturated heterocycles. The summed E-state index contributed by atoms with van der Waals surface area (Å²) < 4.78 is 1.18. The number of para-hydroxylation sites is 1. The number of ketones is 1. The predicted octanol–water partition coefficient (Wildman–Crippen LogP) is 5.70. The lowest BCUT2D eigenvalue weighted by molar-refractivity contribution is 0.0993. The number of nitrogens with zero attached hydrogens (tertiary/aromatic N) is 1. The van der Waals surface area contributed by atoms with Crippen LogP contribution in [0.5, 0.6) is 0 Å². The van der Waals surface area contributed by atoms with Gasteiger partial charge in [-0.05, 0) is 36.8 Å². The molecule has 0 aliphatic rings. The van der Waals surface area contributed by atoms with Gasteiger partial charge in [-0.2, -0.15) is 0 Å². The molecule has 0 atom stereocenters. The number of aromatic nitrogens is 1. The Kier molecular flexibility index (Phi) is 4.16. The molecule has 1 aromatic heterocycles. The van der Waals surface area contributed by atoms with Gasteiger partial charge in [-0.15, -0.1) is 11.3 Å². The van der Waals surface area contributed by atoms with Gasteiger partial charge in [0.25, 0.3) is 0 Å². The Morgan fingerprint density at radius 2 is 1.80 bits per heavy atom. The van der Waals surface area contributed by atoms with Crippen LogP contribution in [-0.2, 0) is 6.42 Å². The number of hydrogen-bond donors (Lipinski definition) is 0. The first-order valence-electron chi connectivity index (χ1n) is 8.24. The van der Waals surface area contributed by atoms with E-state index >= 15 is 0 Å². The van der Waals surface area contributed by atoms with Crippen molar-refractivity contribution < 1.29 is 4.79 Å². The van der Waals surface area contributed by atoms with Gasteiger partial charge in [0.05, 0.1) is 10.2 Å². The molecule has 0 unspecified atom stereocenters. The third-order valence-electron chi connectivity index (χ3n) is 4.17. The first kappa shape index (κ1) is 15.7. The fourth-order valence-corrected chi connectivity index (χ4v) is 3.88. The van der Waals surface area contributed by atoms with Gasteiger partial charge in [-0.1, -0.05) is 54.1 Å². The highest BCUT2D eigenvalue weighted by Crippen LogP contribution is 2.30. The summed E-state index contributed by atoms with van der Waals surface area (Å²) in [5.41, 5.74) is 4.97. The largest absolute Gasteiger partial charge is 0.294 e. The van der Waals surface area contributed by atoms with E-state index in [0.29, 0.717) is 6.42 Å². The van der Waals surface area contributed by atoms with Crippen LogP contribution in [0.1, 0.15) is 21.5 Å². The second kappa shape index (κ2) is 6.61. The highest BCUT2D eigenvalue weighted by atomic mass is 32.1. The summed E-state index contributed by atoms with van der Waals surface area (Å²) >= 11 is 1.68. The molecular weight excluding hydrogens is 326 g/mol. The maximum Gasteiger partial charge on any atom is 0.167 e. The van der Waals surface area contributed by atoms with Crippen molar-refractivity contribution in [2.75, 3.05) is 0 Å². The number of hydrogen-bond acceptors (Lipinski definition) is 3. The zero-order chi connectivity index (χ0) is 17.2. The van der Waals surface area contributed by atoms with Gasteiger partial charge >= 0.3 is 0 Å². The smallest absolute Gasteiger partial charge is 0.167 e. The van der Waals surface area contributed by atoms with E-state index in [1.165, 1.54) is 4.70 Å². The number of carbonyl (C=O) groups excluding carboxylic acids is 1. The molecule has 3 aromatic carbocycles. The average Bonchev–Trinajstić information content (AvgIpc) is 3.06. The van der Waals surface area contributed by atoms with E-state index in [0.717, 1.165) is 32.8 Å². The Bertz CT molecular complexity index is 1030. The first-order chi connectivity index (χ1) is 12.2. The molecule has 0 radical (unpaired) electrons. The minimum absolute atomic E-state index is 0.144. The molecule has 1 heterocycles.